The van der Waals surface area contributed by atoms with Crippen molar-refractivity contribution in [1.29, 1.82) is 0 Å². The molecule has 0 spiro atoms. The van der Waals surface area contributed by atoms with E-state index in [1.54, 1.807) is 0 Å². The maximum absolute atomic E-state index is 10.7. The Morgan fingerprint density at radius 2 is 1.50 bits per heavy atom. The Morgan fingerprint density at radius 3 is 2.03 bits per heavy atom. The van der Waals surface area contributed by atoms with E-state index in [4.69, 9.17) is 4.74 Å². The average Bonchev–Trinajstić information content (AvgIpc) is 2.59. The molecule has 0 aliphatic rings. The highest BCUT2D eigenvalue weighted by atomic mass is 16.5. The van der Waals surface area contributed by atoms with Gasteiger partial charge in [0.1, 0.15) is 31.5 Å². The molecule has 30 heavy (non-hydrogen) atoms. The van der Waals surface area contributed by atoms with Gasteiger partial charge in [-0.25, -0.2) is 0 Å². The minimum atomic E-state index is -0.527. The second-order valence-electron chi connectivity index (χ2n) is 11.4. The topological polar surface area (TPSA) is 29.5 Å². The summed E-state index contributed by atoms with van der Waals surface area (Å²) in [4.78, 5) is 0. The molecule has 0 heterocycles. The van der Waals surface area contributed by atoms with Crippen LogP contribution in [0, 0.1) is 6.92 Å². The second-order valence-corrected chi connectivity index (χ2v) is 11.4. The first kappa shape index (κ1) is 24.4. The van der Waals surface area contributed by atoms with Crippen LogP contribution in [0.2, 0.25) is 0 Å². The van der Waals surface area contributed by atoms with Gasteiger partial charge in [0.25, 0.3) is 0 Å². The number of ether oxygens (including phenoxy) is 1. The van der Waals surface area contributed by atoms with E-state index in [0.29, 0.717) is 17.6 Å². The third-order valence-corrected chi connectivity index (χ3v) is 5.52. The summed E-state index contributed by atoms with van der Waals surface area (Å²) >= 11 is 0. The minimum Gasteiger partial charge on any atom is -0.490 e. The summed E-state index contributed by atoms with van der Waals surface area (Å²) in [6.45, 7) is 17.2. The highest BCUT2D eigenvalue weighted by molar-refractivity contribution is 5.43. The number of benzene rings is 2. The monoisotopic (exact) mass is 412 g/mol. The van der Waals surface area contributed by atoms with E-state index < -0.39 is 6.10 Å². The zero-order valence-electron chi connectivity index (χ0n) is 20.5. The van der Waals surface area contributed by atoms with Crippen molar-refractivity contribution in [2.75, 3.05) is 27.2 Å². The van der Waals surface area contributed by atoms with Crippen molar-refractivity contribution in [2.24, 2.45) is 0 Å². The Bertz CT molecular complexity index is 823. The van der Waals surface area contributed by atoms with Crippen molar-refractivity contribution in [3.8, 4) is 5.75 Å². The van der Waals surface area contributed by atoms with Gasteiger partial charge < -0.3 is 14.3 Å². The van der Waals surface area contributed by atoms with Crippen LogP contribution < -0.4 is 4.74 Å². The lowest BCUT2D eigenvalue weighted by Crippen LogP contribution is -2.46. The summed E-state index contributed by atoms with van der Waals surface area (Å²) in [5.74, 6) is 0.874. The normalized spacial score (nSPS) is 13.9. The lowest BCUT2D eigenvalue weighted by molar-refractivity contribution is -0.906. The molecule has 3 nitrogen and oxygen atoms in total. The van der Waals surface area contributed by atoms with Crippen molar-refractivity contribution in [3.05, 3.63) is 64.7 Å². The molecule has 0 fully saturated rings. The lowest BCUT2D eigenvalue weighted by atomic mass is 9.80. The van der Waals surface area contributed by atoms with Gasteiger partial charge in [-0.15, -0.1) is 0 Å². The molecule has 0 saturated carbocycles. The number of likely N-dealkylation sites (N-methyl/N-ethyl adjacent to an activating group) is 1. The number of rotatable bonds is 7. The van der Waals surface area contributed by atoms with Crippen LogP contribution in [-0.4, -0.2) is 42.9 Å². The highest BCUT2D eigenvalue weighted by Crippen LogP contribution is 2.35. The first-order valence-corrected chi connectivity index (χ1v) is 11.0. The molecule has 1 atom stereocenters. The molecule has 0 amide bonds. The van der Waals surface area contributed by atoms with Crippen LogP contribution >= 0.6 is 0 Å². The van der Waals surface area contributed by atoms with E-state index in [0.717, 1.165) is 12.3 Å². The third-order valence-electron chi connectivity index (χ3n) is 5.52. The lowest BCUT2D eigenvalue weighted by Gasteiger charge is -2.32. The summed E-state index contributed by atoms with van der Waals surface area (Å²) in [5.41, 5.74) is 5.11. The van der Waals surface area contributed by atoms with Crippen LogP contribution in [0.15, 0.2) is 42.5 Å². The summed E-state index contributed by atoms with van der Waals surface area (Å²) in [6.07, 6.45) is -0.527. The molecule has 166 valence electrons. The van der Waals surface area contributed by atoms with E-state index in [2.05, 4.69) is 105 Å². The van der Waals surface area contributed by atoms with Gasteiger partial charge in [0.2, 0.25) is 0 Å². The molecular weight excluding hydrogens is 370 g/mol. The molecule has 0 saturated heterocycles. The van der Waals surface area contributed by atoms with Crippen LogP contribution in [0.3, 0.4) is 0 Å². The number of quaternary nitrogens is 1. The molecule has 2 rings (SSSR count). The first-order valence-electron chi connectivity index (χ1n) is 11.0. The maximum atomic E-state index is 10.7. The molecule has 0 aromatic heterocycles. The van der Waals surface area contributed by atoms with Crippen LogP contribution in [0.1, 0.15) is 63.8 Å². The largest absolute Gasteiger partial charge is 0.490 e. The smallest absolute Gasteiger partial charge is 0.137 e. The van der Waals surface area contributed by atoms with Crippen LogP contribution in [-0.2, 0) is 17.4 Å². The molecule has 2 aromatic carbocycles. The fourth-order valence-corrected chi connectivity index (χ4v) is 3.77. The summed E-state index contributed by atoms with van der Waals surface area (Å²) < 4.78 is 6.86. The number of hydrogen-bond donors (Lipinski definition) is 1. The van der Waals surface area contributed by atoms with E-state index in [9.17, 15) is 5.11 Å². The quantitative estimate of drug-likeness (QED) is 0.599. The molecule has 0 radical (unpaired) electrons. The van der Waals surface area contributed by atoms with E-state index in [1.165, 1.54) is 22.3 Å². The van der Waals surface area contributed by atoms with E-state index in [-0.39, 0.29) is 10.8 Å². The average molecular weight is 413 g/mol. The number of hydrogen-bond acceptors (Lipinski definition) is 2. The molecule has 1 N–H and O–H groups in total. The SMILES string of the molecule is Cc1ccc(C[N+](C)(C)C[C@@H](O)COc2ccc(C(C)(C)C)cc2C(C)(C)C)cc1. The summed E-state index contributed by atoms with van der Waals surface area (Å²) in [7, 11) is 4.31. The van der Waals surface area contributed by atoms with Crippen LogP contribution in [0.5, 0.6) is 5.75 Å². The van der Waals surface area contributed by atoms with Crippen molar-refractivity contribution in [2.45, 2.75) is 71.9 Å². The minimum absolute atomic E-state index is 0.0255. The number of aryl methyl sites for hydroxylation is 1. The fraction of sp³-hybridized carbons (Fsp3) is 0.556. The van der Waals surface area contributed by atoms with Gasteiger partial charge in [-0.2, -0.15) is 0 Å². The Morgan fingerprint density at radius 1 is 0.900 bits per heavy atom. The van der Waals surface area contributed by atoms with Gasteiger partial charge in [-0.3, -0.25) is 0 Å². The van der Waals surface area contributed by atoms with Gasteiger partial charge in [-0.1, -0.05) is 83.5 Å². The first-order chi connectivity index (χ1) is 13.7. The van der Waals surface area contributed by atoms with Crippen molar-refractivity contribution < 1.29 is 14.3 Å². The molecule has 0 unspecified atom stereocenters. The third kappa shape index (κ3) is 7.14. The Labute approximate surface area is 184 Å². The van der Waals surface area contributed by atoms with Gasteiger partial charge >= 0.3 is 0 Å². The van der Waals surface area contributed by atoms with Crippen LogP contribution in [0.4, 0.5) is 0 Å². The van der Waals surface area contributed by atoms with Gasteiger partial charge in [0.15, 0.2) is 0 Å². The maximum Gasteiger partial charge on any atom is 0.137 e. The predicted molar refractivity (Wildman–Crippen MR) is 127 cm³/mol. The van der Waals surface area contributed by atoms with Crippen molar-refractivity contribution in [3.63, 3.8) is 0 Å². The van der Waals surface area contributed by atoms with E-state index >= 15 is 0 Å². The van der Waals surface area contributed by atoms with Crippen LogP contribution in [0.25, 0.3) is 0 Å². The standard InChI is InChI=1S/C27H42NO2/c1-20-10-12-21(13-11-20)17-28(8,9)18-23(29)19-30-25-15-14-22(26(2,3)4)16-24(25)27(5,6)7/h10-16,23,29H,17-19H2,1-9H3/q+1/t23-/m1/s1. The summed E-state index contributed by atoms with van der Waals surface area (Å²) in [6, 6.07) is 15.1. The zero-order valence-corrected chi connectivity index (χ0v) is 20.5. The van der Waals surface area contributed by atoms with Gasteiger partial charge in [0, 0.05) is 5.56 Å². The van der Waals surface area contributed by atoms with Crippen molar-refractivity contribution >= 4 is 0 Å². The van der Waals surface area contributed by atoms with Gasteiger partial charge in [-0.05, 0) is 34.9 Å². The number of nitrogens with zero attached hydrogens (tertiary/aromatic N) is 1. The summed E-state index contributed by atoms with van der Waals surface area (Å²) in [5, 5.41) is 10.7. The number of aliphatic hydroxyl groups is 1. The fourth-order valence-electron chi connectivity index (χ4n) is 3.77. The predicted octanol–water partition coefficient (Wildman–Crippen LogP) is 5.61. The molecule has 2 aromatic rings. The molecule has 0 aliphatic carbocycles. The molecule has 3 heteroatoms. The molecule has 0 bridgehead atoms. The molecular formula is C27H42NO2+. The Balaban J connectivity index is 2.06. The number of aliphatic hydroxyl groups excluding tert-OH is 1. The van der Waals surface area contributed by atoms with E-state index in [1.807, 2.05) is 0 Å². The van der Waals surface area contributed by atoms with Gasteiger partial charge in [0.05, 0.1) is 14.1 Å². The molecule has 0 aliphatic heterocycles. The highest BCUT2D eigenvalue weighted by Gasteiger charge is 2.25. The van der Waals surface area contributed by atoms with Crippen molar-refractivity contribution in [1.82, 2.24) is 0 Å². The Kier molecular flexibility index (Phi) is 7.42. The second kappa shape index (κ2) is 9.11. The zero-order chi connectivity index (χ0) is 22.7. The Hall–Kier alpha value is -1.84.